The topological polar surface area (TPSA) is 40.9 Å². The van der Waals surface area contributed by atoms with Crippen LogP contribution in [0.3, 0.4) is 0 Å². The van der Waals surface area contributed by atoms with Gasteiger partial charge in [-0.1, -0.05) is 6.07 Å². The van der Waals surface area contributed by atoms with Gasteiger partial charge in [-0.2, -0.15) is 0 Å². The summed E-state index contributed by atoms with van der Waals surface area (Å²) >= 11 is 0. The summed E-state index contributed by atoms with van der Waals surface area (Å²) in [5, 5.41) is 0. The summed E-state index contributed by atoms with van der Waals surface area (Å²) in [6.45, 7) is 3.96. The zero-order valence-electron chi connectivity index (χ0n) is 7.55. The van der Waals surface area contributed by atoms with E-state index in [-0.39, 0.29) is 0 Å². The van der Waals surface area contributed by atoms with Crippen LogP contribution in [0.2, 0.25) is 0 Å². The van der Waals surface area contributed by atoms with E-state index in [4.69, 9.17) is 4.78 Å². The van der Waals surface area contributed by atoms with Crippen molar-refractivity contribution >= 4 is 9.73 Å². The fourth-order valence-corrected chi connectivity index (χ4v) is 1.69. The van der Waals surface area contributed by atoms with Crippen LogP contribution in [0.1, 0.15) is 11.1 Å². The van der Waals surface area contributed by atoms with Crippen molar-refractivity contribution in [3.63, 3.8) is 0 Å². The SMILES string of the molecule is Cc1ccc([S@@](C)(=N)=O)cc1C. The molecule has 1 atom stereocenters. The Hall–Kier alpha value is -0.830. The maximum Gasteiger partial charge on any atom is 0.0696 e. The van der Waals surface area contributed by atoms with Crippen LogP contribution in [0, 0.1) is 18.6 Å². The van der Waals surface area contributed by atoms with Gasteiger partial charge < -0.3 is 0 Å². The Morgan fingerprint density at radius 3 is 2.25 bits per heavy atom. The van der Waals surface area contributed by atoms with Crippen molar-refractivity contribution in [2.24, 2.45) is 0 Å². The molecule has 3 heteroatoms. The zero-order valence-corrected chi connectivity index (χ0v) is 8.37. The van der Waals surface area contributed by atoms with Crippen molar-refractivity contribution < 1.29 is 4.21 Å². The molecule has 0 aliphatic rings. The van der Waals surface area contributed by atoms with E-state index >= 15 is 0 Å². The molecule has 1 N–H and O–H groups in total. The number of hydrogen-bond donors (Lipinski definition) is 1. The van der Waals surface area contributed by atoms with Gasteiger partial charge in [0.05, 0.1) is 9.73 Å². The van der Waals surface area contributed by atoms with E-state index in [1.807, 2.05) is 26.0 Å². The van der Waals surface area contributed by atoms with Crippen molar-refractivity contribution in [3.8, 4) is 0 Å². The Labute approximate surface area is 73.6 Å². The molecule has 0 aliphatic heterocycles. The molecule has 1 aromatic carbocycles. The zero-order chi connectivity index (χ0) is 9.35. The predicted octanol–water partition coefficient (Wildman–Crippen LogP) is 2.34. The molecule has 0 unspecified atom stereocenters. The van der Waals surface area contributed by atoms with Crippen LogP contribution in [0.25, 0.3) is 0 Å². The normalized spacial score (nSPS) is 15.6. The van der Waals surface area contributed by atoms with Crippen LogP contribution in [0.15, 0.2) is 23.1 Å². The molecular formula is C9H13NOS. The molecule has 0 amide bonds. The average molecular weight is 183 g/mol. The quantitative estimate of drug-likeness (QED) is 0.713. The average Bonchev–Trinajstić information content (AvgIpc) is 1.92. The highest BCUT2D eigenvalue weighted by Gasteiger charge is 2.03. The van der Waals surface area contributed by atoms with Crippen LogP contribution in [-0.4, -0.2) is 10.5 Å². The lowest BCUT2D eigenvalue weighted by Gasteiger charge is -2.04. The molecule has 0 saturated heterocycles. The van der Waals surface area contributed by atoms with Gasteiger partial charge in [0.1, 0.15) is 0 Å². The lowest BCUT2D eigenvalue weighted by molar-refractivity contribution is 0.679. The minimum absolute atomic E-state index is 0.616. The molecular weight excluding hydrogens is 170 g/mol. The summed E-state index contributed by atoms with van der Waals surface area (Å²) in [5.74, 6) is 0. The number of nitrogens with one attached hydrogen (secondary N) is 1. The molecule has 0 radical (unpaired) electrons. The number of aryl methyl sites for hydroxylation is 2. The predicted molar refractivity (Wildman–Crippen MR) is 51.0 cm³/mol. The Balaban J connectivity index is 3.33. The summed E-state index contributed by atoms with van der Waals surface area (Å²) in [5.41, 5.74) is 2.26. The van der Waals surface area contributed by atoms with E-state index in [0.29, 0.717) is 4.90 Å². The fraction of sp³-hybridized carbons (Fsp3) is 0.333. The van der Waals surface area contributed by atoms with Crippen molar-refractivity contribution in [1.29, 1.82) is 4.78 Å². The Morgan fingerprint density at radius 1 is 1.25 bits per heavy atom. The molecule has 0 aliphatic carbocycles. The van der Waals surface area contributed by atoms with E-state index in [9.17, 15) is 4.21 Å². The Kier molecular flexibility index (Phi) is 2.24. The van der Waals surface area contributed by atoms with Gasteiger partial charge in [-0.25, -0.2) is 8.99 Å². The van der Waals surface area contributed by atoms with Crippen molar-refractivity contribution in [2.75, 3.05) is 6.26 Å². The van der Waals surface area contributed by atoms with Crippen molar-refractivity contribution in [3.05, 3.63) is 29.3 Å². The first-order chi connectivity index (χ1) is 5.41. The van der Waals surface area contributed by atoms with E-state index in [0.717, 1.165) is 5.56 Å². The van der Waals surface area contributed by atoms with E-state index < -0.39 is 9.73 Å². The maximum atomic E-state index is 11.3. The largest absolute Gasteiger partial charge is 0.249 e. The molecule has 0 fully saturated rings. The van der Waals surface area contributed by atoms with Crippen molar-refractivity contribution in [1.82, 2.24) is 0 Å². The number of hydrogen-bond acceptors (Lipinski definition) is 2. The monoisotopic (exact) mass is 183 g/mol. The summed E-state index contributed by atoms with van der Waals surface area (Å²) in [4.78, 5) is 0.616. The van der Waals surface area contributed by atoms with Gasteiger partial charge in [0.15, 0.2) is 0 Å². The molecule has 0 heterocycles. The summed E-state index contributed by atoms with van der Waals surface area (Å²) in [6.07, 6.45) is 1.44. The first-order valence-electron chi connectivity index (χ1n) is 3.72. The van der Waals surface area contributed by atoms with Crippen LogP contribution in [0.4, 0.5) is 0 Å². The highest BCUT2D eigenvalue weighted by atomic mass is 32.2. The van der Waals surface area contributed by atoms with Crippen LogP contribution < -0.4 is 0 Å². The molecule has 2 nitrogen and oxygen atoms in total. The lowest BCUT2D eigenvalue weighted by atomic mass is 10.1. The van der Waals surface area contributed by atoms with Gasteiger partial charge in [0.25, 0.3) is 0 Å². The minimum atomic E-state index is -2.54. The second kappa shape index (κ2) is 2.90. The van der Waals surface area contributed by atoms with Gasteiger partial charge in [0.2, 0.25) is 0 Å². The van der Waals surface area contributed by atoms with Gasteiger partial charge in [-0.3, -0.25) is 0 Å². The molecule has 66 valence electrons. The first-order valence-corrected chi connectivity index (χ1v) is 5.69. The van der Waals surface area contributed by atoms with Gasteiger partial charge in [0, 0.05) is 11.2 Å². The number of rotatable bonds is 1. The van der Waals surface area contributed by atoms with E-state index in [2.05, 4.69) is 0 Å². The van der Waals surface area contributed by atoms with Crippen LogP contribution in [-0.2, 0) is 9.73 Å². The highest BCUT2D eigenvalue weighted by Crippen LogP contribution is 2.14. The minimum Gasteiger partial charge on any atom is -0.249 e. The number of benzene rings is 1. The molecule has 0 aromatic heterocycles. The third-order valence-electron chi connectivity index (χ3n) is 1.93. The highest BCUT2D eigenvalue weighted by molar-refractivity contribution is 7.91. The maximum absolute atomic E-state index is 11.3. The molecule has 1 aromatic rings. The smallest absolute Gasteiger partial charge is 0.0696 e. The third-order valence-corrected chi connectivity index (χ3v) is 3.08. The van der Waals surface area contributed by atoms with Gasteiger partial charge in [-0.05, 0) is 37.1 Å². The molecule has 0 saturated carbocycles. The van der Waals surface area contributed by atoms with E-state index in [1.54, 1.807) is 6.07 Å². The first kappa shape index (κ1) is 9.26. The van der Waals surface area contributed by atoms with Crippen LogP contribution in [0.5, 0.6) is 0 Å². The molecule has 1 rings (SSSR count). The second-order valence-corrected chi connectivity index (χ2v) is 5.25. The van der Waals surface area contributed by atoms with E-state index in [1.165, 1.54) is 11.8 Å². The standard InChI is InChI=1S/C9H13NOS/c1-7-4-5-9(6-8(7)2)12(3,10)11/h4-6,10H,1-3H3/t12-/m0/s1. The van der Waals surface area contributed by atoms with Gasteiger partial charge in [-0.15, -0.1) is 0 Å². The Bertz CT molecular complexity index is 393. The summed E-state index contributed by atoms with van der Waals surface area (Å²) < 4.78 is 18.7. The molecule has 0 spiro atoms. The van der Waals surface area contributed by atoms with Gasteiger partial charge >= 0.3 is 0 Å². The summed E-state index contributed by atoms with van der Waals surface area (Å²) in [6, 6.07) is 5.49. The lowest BCUT2D eigenvalue weighted by Crippen LogP contribution is -1.95. The fourth-order valence-electron chi connectivity index (χ4n) is 0.956. The second-order valence-electron chi connectivity index (χ2n) is 3.09. The van der Waals surface area contributed by atoms with Crippen LogP contribution >= 0.6 is 0 Å². The molecule has 0 bridgehead atoms. The Morgan fingerprint density at radius 2 is 1.83 bits per heavy atom. The molecule has 12 heavy (non-hydrogen) atoms. The summed E-state index contributed by atoms with van der Waals surface area (Å²) in [7, 11) is -2.54. The third kappa shape index (κ3) is 1.85. The van der Waals surface area contributed by atoms with Crippen molar-refractivity contribution in [2.45, 2.75) is 18.7 Å².